The third-order valence-electron chi connectivity index (χ3n) is 3.39. The number of nitrogens with one attached hydrogen (secondary N) is 1. The second-order valence-electron chi connectivity index (χ2n) is 4.86. The number of rotatable bonds is 4. The number of hydrazine groups is 1. The van der Waals surface area contributed by atoms with Crippen LogP contribution in [0.4, 0.5) is 0 Å². The van der Waals surface area contributed by atoms with Gasteiger partial charge in [0.15, 0.2) is 5.11 Å². The van der Waals surface area contributed by atoms with E-state index in [1.54, 1.807) is 17.4 Å². The first-order valence-electron chi connectivity index (χ1n) is 6.78. The summed E-state index contributed by atoms with van der Waals surface area (Å²) in [6, 6.07) is 2.20. The second kappa shape index (κ2) is 6.96. The van der Waals surface area contributed by atoms with Crippen LogP contribution in [0.1, 0.15) is 32.1 Å². The molecule has 0 aromatic rings. The monoisotopic (exact) mass is 289 g/mol. The Labute approximate surface area is 125 Å². The second-order valence-corrected chi connectivity index (χ2v) is 5.30. The van der Waals surface area contributed by atoms with E-state index < -0.39 is 0 Å². The molecule has 3 N–H and O–H groups in total. The fourth-order valence-corrected chi connectivity index (χ4v) is 2.47. The molecule has 6 heteroatoms. The van der Waals surface area contributed by atoms with Gasteiger partial charge in [0.1, 0.15) is 11.8 Å². The first-order valence-corrected chi connectivity index (χ1v) is 7.19. The summed E-state index contributed by atoms with van der Waals surface area (Å²) in [4.78, 5) is 1.95. The molecule has 0 radical (unpaired) electrons. The number of hydrogen-bond acceptors (Lipinski definition) is 4. The van der Waals surface area contributed by atoms with Crippen molar-refractivity contribution in [1.82, 2.24) is 15.3 Å². The van der Waals surface area contributed by atoms with E-state index in [-0.39, 0.29) is 5.11 Å². The number of allylic oxidation sites excluding steroid dienone is 2. The predicted molar refractivity (Wildman–Crippen MR) is 82.5 cm³/mol. The molecule has 0 unspecified atom stereocenters. The molecule has 0 amide bonds. The van der Waals surface area contributed by atoms with Crippen LogP contribution in [0.2, 0.25) is 0 Å². The molecule has 1 aliphatic carbocycles. The van der Waals surface area contributed by atoms with Crippen molar-refractivity contribution in [2.24, 2.45) is 5.73 Å². The standard InChI is InChI=1S/C14H19N5S/c15-10-13-11-19(17-14(16)20)9-8-18(13)7-6-12-4-2-1-3-5-12/h4,8-9,11H,1-3,5-7H2,(H3,16,17,20). The van der Waals surface area contributed by atoms with Crippen molar-refractivity contribution in [3.8, 4) is 6.07 Å². The molecule has 106 valence electrons. The minimum absolute atomic E-state index is 0.170. The van der Waals surface area contributed by atoms with E-state index in [9.17, 15) is 5.26 Å². The van der Waals surface area contributed by atoms with Gasteiger partial charge in [-0.15, -0.1) is 0 Å². The molecule has 2 aliphatic rings. The van der Waals surface area contributed by atoms with Crippen LogP contribution in [-0.2, 0) is 0 Å². The molecule has 0 atom stereocenters. The molecule has 0 bridgehead atoms. The number of thiocarbonyl (C=S) groups is 1. The van der Waals surface area contributed by atoms with Crippen LogP contribution in [0.25, 0.3) is 0 Å². The summed E-state index contributed by atoms with van der Waals surface area (Å²) in [7, 11) is 0. The van der Waals surface area contributed by atoms with Gasteiger partial charge >= 0.3 is 0 Å². The molecule has 20 heavy (non-hydrogen) atoms. The molecule has 0 fully saturated rings. The van der Waals surface area contributed by atoms with Crippen molar-refractivity contribution in [3.05, 3.63) is 35.9 Å². The average molecular weight is 289 g/mol. The molecule has 0 spiro atoms. The Morgan fingerprint density at radius 3 is 2.95 bits per heavy atom. The van der Waals surface area contributed by atoms with Gasteiger partial charge in [-0.05, 0) is 44.3 Å². The number of nitrogens with two attached hydrogens (primary N) is 1. The summed E-state index contributed by atoms with van der Waals surface area (Å²) < 4.78 is 0. The van der Waals surface area contributed by atoms with Gasteiger partial charge in [0.05, 0.1) is 6.20 Å². The van der Waals surface area contributed by atoms with Gasteiger partial charge in [0.25, 0.3) is 0 Å². The molecule has 1 aliphatic heterocycles. The lowest BCUT2D eigenvalue weighted by molar-refractivity contribution is 0.380. The molecule has 0 aromatic heterocycles. The Kier molecular flexibility index (Phi) is 5.02. The Morgan fingerprint density at radius 1 is 1.45 bits per heavy atom. The molecule has 5 nitrogen and oxygen atoms in total. The van der Waals surface area contributed by atoms with Gasteiger partial charge in [-0.25, -0.2) is 0 Å². The zero-order valence-corrected chi connectivity index (χ0v) is 12.2. The van der Waals surface area contributed by atoms with E-state index in [2.05, 4.69) is 17.6 Å². The van der Waals surface area contributed by atoms with Gasteiger partial charge < -0.3 is 10.6 Å². The fraction of sp³-hybridized carbons (Fsp3) is 0.429. The summed E-state index contributed by atoms with van der Waals surface area (Å²) in [5.74, 6) is 0. The number of nitrogens with zero attached hydrogens (tertiary/aromatic N) is 3. The van der Waals surface area contributed by atoms with Crippen LogP contribution in [0.3, 0.4) is 0 Å². The van der Waals surface area contributed by atoms with Crippen molar-refractivity contribution in [2.75, 3.05) is 6.54 Å². The predicted octanol–water partition coefficient (Wildman–Crippen LogP) is 2.08. The van der Waals surface area contributed by atoms with Crippen molar-refractivity contribution >= 4 is 17.3 Å². The fourth-order valence-electron chi connectivity index (χ4n) is 2.36. The minimum Gasteiger partial charge on any atom is -0.375 e. The topological polar surface area (TPSA) is 68.3 Å². The molecule has 0 saturated heterocycles. The van der Waals surface area contributed by atoms with Crippen molar-refractivity contribution < 1.29 is 0 Å². The lowest BCUT2D eigenvalue weighted by Crippen LogP contribution is -2.41. The van der Waals surface area contributed by atoms with E-state index >= 15 is 0 Å². The SMILES string of the molecule is N#CC1=CN(NC(N)=S)C=CN1CCC1=CCCCC1. The molecular weight excluding hydrogens is 270 g/mol. The lowest BCUT2D eigenvalue weighted by atomic mass is 9.97. The van der Waals surface area contributed by atoms with Crippen molar-refractivity contribution in [1.29, 1.82) is 5.26 Å². The van der Waals surface area contributed by atoms with E-state index in [4.69, 9.17) is 18.0 Å². The van der Waals surface area contributed by atoms with Crippen LogP contribution < -0.4 is 11.2 Å². The van der Waals surface area contributed by atoms with Gasteiger partial charge in [0.2, 0.25) is 0 Å². The summed E-state index contributed by atoms with van der Waals surface area (Å²) >= 11 is 4.78. The first-order chi connectivity index (χ1) is 9.69. The smallest absolute Gasteiger partial charge is 0.183 e. The Hall–Kier alpha value is -2.00. The van der Waals surface area contributed by atoms with Gasteiger partial charge in [-0.2, -0.15) is 5.26 Å². The van der Waals surface area contributed by atoms with E-state index in [0.29, 0.717) is 5.70 Å². The van der Waals surface area contributed by atoms with Crippen LogP contribution in [-0.4, -0.2) is 21.6 Å². The van der Waals surface area contributed by atoms with E-state index in [1.165, 1.54) is 31.3 Å². The maximum Gasteiger partial charge on any atom is 0.183 e. The summed E-state index contributed by atoms with van der Waals surface area (Å²) in [5.41, 5.74) is 10.3. The first kappa shape index (κ1) is 14.4. The Morgan fingerprint density at radius 2 is 2.30 bits per heavy atom. The zero-order valence-electron chi connectivity index (χ0n) is 11.4. The quantitative estimate of drug-likeness (QED) is 0.610. The third-order valence-corrected chi connectivity index (χ3v) is 3.48. The van der Waals surface area contributed by atoms with Crippen molar-refractivity contribution in [3.63, 3.8) is 0 Å². The Balaban J connectivity index is 1.92. The molecule has 0 saturated carbocycles. The molecular formula is C14H19N5S. The molecule has 1 heterocycles. The maximum atomic E-state index is 9.22. The summed E-state index contributed by atoms with van der Waals surface area (Å²) in [5, 5.41) is 11.0. The maximum absolute atomic E-state index is 9.22. The highest BCUT2D eigenvalue weighted by Crippen LogP contribution is 2.21. The average Bonchev–Trinajstić information content (AvgIpc) is 2.46. The Bertz CT molecular complexity index is 500. The highest BCUT2D eigenvalue weighted by molar-refractivity contribution is 7.80. The zero-order chi connectivity index (χ0) is 14.4. The third kappa shape index (κ3) is 4.00. The van der Waals surface area contributed by atoms with Gasteiger partial charge in [0, 0.05) is 18.9 Å². The van der Waals surface area contributed by atoms with Crippen LogP contribution in [0.5, 0.6) is 0 Å². The van der Waals surface area contributed by atoms with Crippen LogP contribution >= 0.6 is 12.2 Å². The summed E-state index contributed by atoms with van der Waals surface area (Å²) in [6.07, 6.45) is 13.7. The number of hydrogen-bond donors (Lipinski definition) is 2. The minimum atomic E-state index is 0.170. The summed E-state index contributed by atoms with van der Waals surface area (Å²) in [6.45, 7) is 0.822. The van der Waals surface area contributed by atoms with Gasteiger partial charge in [-0.1, -0.05) is 11.6 Å². The highest BCUT2D eigenvalue weighted by atomic mass is 32.1. The van der Waals surface area contributed by atoms with Crippen LogP contribution in [0, 0.1) is 11.3 Å². The molecule has 0 aromatic carbocycles. The highest BCUT2D eigenvalue weighted by Gasteiger charge is 2.14. The largest absolute Gasteiger partial charge is 0.375 e. The van der Waals surface area contributed by atoms with E-state index in [0.717, 1.165) is 13.0 Å². The van der Waals surface area contributed by atoms with Crippen LogP contribution in [0.15, 0.2) is 35.9 Å². The van der Waals surface area contributed by atoms with E-state index in [1.807, 2.05) is 11.1 Å². The lowest BCUT2D eigenvalue weighted by Gasteiger charge is -2.28. The number of nitriles is 1. The van der Waals surface area contributed by atoms with Crippen molar-refractivity contribution in [2.45, 2.75) is 32.1 Å². The molecule has 2 rings (SSSR count). The van der Waals surface area contributed by atoms with Gasteiger partial charge in [-0.3, -0.25) is 10.4 Å². The normalized spacial score (nSPS) is 18.1.